The SMILES string of the molecule is CCCCCCCCCCCCN(C(=O)O)c1ccc(-c2ccc(O)cc2)cc1. The van der Waals surface area contributed by atoms with Crippen molar-refractivity contribution in [2.24, 2.45) is 0 Å². The number of phenolic OH excluding ortho intramolecular Hbond substituents is 1. The first-order valence-electron chi connectivity index (χ1n) is 11.0. The summed E-state index contributed by atoms with van der Waals surface area (Å²) in [5.41, 5.74) is 2.69. The predicted octanol–water partition coefficient (Wildman–Crippen LogP) is 7.46. The van der Waals surface area contributed by atoms with Crippen LogP contribution in [-0.2, 0) is 0 Å². The Hall–Kier alpha value is -2.49. The molecule has 0 spiro atoms. The summed E-state index contributed by atoms with van der Waals surface area (Å²) >= 11 is 0. The number of phenols is 1. The third kappa shape index (κ3) is 8.18. The highest BCUT2D eigenvalue weighted by atomic mass is 16.4. The second-order valence-corrected chi connectivity index (χ2v) is 7.71. The third-order valence-electron chi connectivity index (χ3n) is 5.35. The molecule has 0 aliphatic rings. The van der Waals surface area contributed by atoms with E-state index in [-0.39, 0.29) is 5.75 Å². The molecular formula is C25H35NO3. The highest BCUT2D eigenvalue weighted by Crippen LogP contribution is 2.25. The fraction of sp³-hybridized carbons (Fsp3) is 0.480. The van der Waals surface area contributed by atoms with Crippen molar-refractivity contribution in [3.8, 4) is 16.9 Å². The number of carboxylic acid groups (broad SMARTS) is 1. The van der Waals surface area contributed by atoms with Gasteiger partial charge in [-0.05, 0) is 41.8 Å². The van der Waals surface area contributed by atoms with Gasteiger partial charge in [0.15, 0.2) is 0 Å². The van der Waals surface area contributed by atoms with E-state index in [1.54, 1.807) is 12.1 Å². The molecule has 158 valence electrons. The molecule has 0 fully saturated rings. The minimum Gasteiger partial charge on any atom is -0.508 e. The van der Waals surface area contributed by atoms with Crippen molar-refractivity contribution in [2.75, 3.05) is 11.4 Å². The number of carbonyl (C=O) groups is 1. The summed E-state index contributed by atoms with van der Waals surface area (Å²) in [6.07, 6.45) is 11.5. The average molecular weight is 398 g/mol. The van der Waals surface area contributed by atoms with Gasteiger partial charge >= 0.3 is 6.09 Å². The second kappa shape index (κ2) is 12.9. The predicted molar refractivity (Wildman–Crippen MR) is 121 cm³/mol. The number of hydrogen-bond acceptors (Lipinski definition) is 2. The van der Waals surface area contributed by atoms with Gasteiger partial charge in [0.05, 0.1) is 0 Å². The largest absolute Gasteiger partial charge is 0.508 e. The second-order valence-electron chi connectivity index (χ2n) is 7.71. The van der Waals surface area contributed by atoms with E-state index in [1.807, 2.05) is 36.4 Å². The Morgan fingerprint density at radius 2 is 1.17 bits per heavy atom. The summed E-state index contributed by atoms with van der Waals surface area (Å²) in [6, 6.07) is 14.6. The van der Waals surface area contributed by atoms with Gasteiger partial charge in [0.2, 0.25) is 0 Å². The monoisotopic (exact) mass is 397 g/mol. The molecule has 0 aliphatic heterocycles. The Morgan fingerprint density at radius 3 is 1.66 bits per heavy atom. The van der Waals surface area contributed by atoms with Gasteiger partial charge < -0.3 is 10.2 Å². The maximum atomic E-state index is 11.7. The number of rotatable bonds is 13. The van der Waals surface area contributed by atoms with Gasteiger partial charge in [-0.15, -0.1) is 0 Å². The van der Waals surface area contributed by atoms with E-state index in [0.717, 1.165) is 24.0 Å². The summed E-state index contributed by atoms with van der Waals surface area (Å²) < 4.78 is 0. The third-order valence-corrected chi connectivity index (χ3v) is 5.35. The smallest absolute Gasteiger partial charge is 0.411 e. The molecule has 2 aromatic carbocycles. The molecule has 29 heavy (non-hydrogen) atoms. The standard InChI is InChI=1S/C25H35NO3/c1-2-3-4-5-6-7-8-9-10-11-20-26(25(28)29)23-16-12-21(13-17-23)22-14-18-24(27)19-15-22/h12-19,27H,2-11,20H2,1H3,(H,28,29). The van der Waals surface area contributed by atoms with E-state index in [0.29, 0.717) is 12.2 Å². The zero-order valence-corrected chi connectivity index (χ0v) is 17.6. The van der Waals surface area contributed by atoms with E-state index >= 15 is 0 Å². The van der Waals surface area contributed by atoms with Gasteiger partial charge in [-0.1, -0.05) is 89.0 Å². The topological polar surface area (TPSA) is 60.8 Å². The highest BCUT2D eigenvalue weighted by molar-refractivity contribution is 5.86. The average Bonchev–Trinajstić information content (AvgIpc) is 2.73. The molecule has 0 saturated carbocycles. The fourth-order valence-electron chi connectivity index (χ4n) is 3.58. The van der Waals surface area contributed by atoms with Crippen molar-refractivity contribution in [3.05, 3.63) is 48.5 Å². The Morgan fingerprint density at radius 1 is 0.724 bits per heavy atom. The quantitative estimate of drug-likeness (QED) is 0.345. The number of aromatic hydroxyl groups is 1. The summed E-state index contributed by atoms with van der Waals surface area (Å²) in [6.45, 7) is 2.77. The zero-order valence-electron chi connectivity index (χ0n) is 17.6. The molecule has 0 aromatic heterocycles. The number of benzene rings is 2. The Bertz CT molecular complexity index is 710. The highest BCUT2D eigenvalue weighted by Gasteiger charge is 2.13. The van der Waals surface area contributed by atoms with E-state index in [4.69, 9.17) is 0 Å². The van der Waals surface area contributed by atoms with E-state index in [1.165, 1.54) is 56.3 Å². The van der Waals surface area contributed by atoms with Crippen LogP contribution in [0.25, 0.3) is 11.1 Å². The first-order chi connectivity index (χ1) is 14.1. The molecule has 0 radical (unpaired) electrons. The van der Waals surface area contributed by atoms with Crippen molar-refractivity contribution in [1.29, 1.82) is 0 Å². The van der Waals surface area contributed by atoms with Crippen LogP contribution < -0.4 is 4.90 Å². The molecule has 0 bridgehead atoms. The van der Waals surface area contributed by atoms with Crippen molar-refractivity contribution in [3.63, 3.8) is 0 Å². The van der Waals surface area contributed by atoms with Gasteiger partial charge in [0, 0.05) is 12.2 Å². The minimum atomic E-state index is -0.904. The molecule has 0 saturated heterocycles. The van der Waals surface area contributed by atoms with Crippen LogP contribution in [0, 0.1) is 0 Å². The molecule has 0 unspecified atom stereocenters. The number of nitrogens with zero attached hydrogens (tertiary/aromatic N) is 1. The molecule has 4 heteroatoms. The minimum absolute atomic E-state index is 0.235. The van der Waals surface area contributed by atoms with Crippen molar-refractivity contribution in [2.45, 2.75) is 71.1 Å². The maximum absolute atomic E-state index is 11.7. The Kier molecular flexibility index (Phi) is 10.1. The maximum Gasteiger partial charge on any atom is 0.411 e. The number of unbranched alkanes of at least 4 members (excludes halogenated alkanes) is 9. The van der Waals surface area contributed by atoms with Crippen LogP contribution in [0.3, 0.4) is 0 Å². The molecule has 4 nitrogen and oxygen atoms in total. The molecule has 2 N–H and O–H groups in total. The van der Waals surface area contributed by atoms with Crippen molar-refractivity contribution in [1.82, 2.24) is 0 Å². The molecule has 0 aliphatic carbocycles. The van der Waals surface area contributed by atoms with Crippen LogP contribution in [0.2, 0.25) is 0 Å². The molecular weight excluding hydrogens is 362 g/mol. The van der Waals surface area contributed by atoms with Crippen LogP contribution >= 0.6 is 0 Å². The summed E-state index contributed by atoms with van der Waals surface area (Å²) in [4.78, 5) is 13.1. The normalized spacial score (nSPS) is 10.8. The lowest BCUT2D eigenvalue weighted by Gasteiger charge is -2.19. The van der Waals surface area contributed by atoms with E-state index in [2.05, 4.69) is 6.92 Å². The number of hydrogen-bond donors (Lipinski definition) is 2. The molecule has 2 rings (SSSR count). The van der Waals surface area contributed by atoms with E-state index in [9.17, 15) is 15.0 Å². The number of anilines is 1. The summed E-state index contributed by atoms with van der Waals surface area (Å²) in [7, 11) is 0. The van der Waals surface area contributed by atoms with Crippen LogP contribution in [-0.4, -0.2) is 22.9 Å². The zero-order chi connectivity index (χ0) is 20.9. The van der Waals surface area contributed by atoms with Gasteiger partial charge in [-0.3, -0.25) is 4.90 Å². The summed E-state index contributed by atoms with van der Waals surface area (Å²) in [5, 5.41) is 19.0. The van der Waals surface area contributed by atoms with Crippen LogP contribution in [0.15, 0.2) is 48.5 Å². The van der Waals surface area contributed by atoms with Gasteiger partial charge in [0.25, 0.3) is 0 Å². The molecule has 2 aromatic rings. The molecule has 0 heterocycles. The van der Waals surface area contributed by atoms with Crippen LogP contribution in [0.4, 0.5) is 10.5 Å². The lowest BCUT2D eigenvalue weighted by molar-refractivity contribution is 0.201. The van der Waals surface area contributed by atoms with Crippen molar-refractivity contribution < 1.29 is 15.0 Å². The first-order valence-corrected chi connectivity index (χ1v) is 11.0. The van der Waals surface area contributed by atoms with E-state index < -0.39 is 6.09 Å². The first kappa shape index (κ1) is 22.8. The molecule has 1 amide bonds. The van der Waals surface area contributed by atoms with Crippen molar-refractivity contribution >= 4 is 11.8 Å². The Balaban J connectivity index is 1.75. The lowest BCUT2D eigenvalue weighted by atomic mass is 10.0. The molecule has 0 atom stereocenters. The lowest BCUT2D eigenvalue weighted by Crippen LogP contribution is -2.30. The Labute approximate surface area is 175 Å². The van der Waals surface area contributed by atoms with Gasteiger partial charge in [-0.25, -0.2) is 4.79 Å². The van der Waals surface area contributed by atoms with Crippen LogP contribution in [0.1, 0.15) is 71.1 Å². The van der Waals surface area contributed by atoms with Gasteiger partial charge in [-0.2, -0.15) is 0 Å². The fourth-order valence-corrected chi connectivity index (χ4v) is 3.58. The van der Waals surface area contributed by atoms with Crippen LogP contribution in [0.5, 0.6) is 5.75 Å². The van der Waals surface area contributed by atoms with Gasteiger partial charge in [0.1, 0.15) is 5.75 Å². The summed E-state index contributed by atoms with van der Waals surface area (Å²) in [5.74, 6) is 0.235. The number of amides is 1.